The molecule has 2 aliphatic rings. The second kappa shape index (κ2) is 7.53. The maximum atomic E-state index is 11.9. The van der Waals surface area contributed by atoms with E-state index in [9.17, 15) is 14.4 Å². The summed E-state index contributed by atoms with van der Waals surface area (Å²) < 4.78 is 0. The Balaban J connectivity index is 1.57. The minimum atomic E-state index is -0.779. The smallest absolute Gasteiger partial charge is 0.315 e. The van der Waals surface area contributed by atoms with Crippen LogP contribution in [0.25, 0.3) is 0 Å². The molecule has 2 saturated heterocycles. The quantitative estimate of drug-likeness (QED) is 0.381. The zero-order valence-electron chi connectivity index (χ0n) is 11.8. The van der Waals surface area contributed by atoms with Crippen LogP contribution in [0.5, 0.6) is 0 Å². The number of aliphatic carboxylic acids is 1. The number of carboxylic acid groups (broad SMARTS) is 1. The lowest BCUT2D eigenvalue weighted by molar-refractivity contribution is -0.137. The summed E-state index contributed by atoms with van der Waals surface area (Å²) in [6, 6.07) is 0.0364. The molecule has 7 nitrogen and oxygen atoms in total. The predicted octanol–water partition coefficient (Wildman–Crippen LogP) is 0.303. The van der Waals surface area contributed by atoms with Crippen molar-refractivity contribution >= 4 is 29.7 Å². The van der Waals surface area contributed by atoms with Gasteiger partial charge in [0.15, 0.2) is 0 Å². The van der Waals surface area contributed by atoms with Crippen molar-refractivity contribution in [1.82, 2.24) is 16.0 Å². The van der Waals surface area contributed by atoms with Crippen molar-refractivity contribution in [2.45, 2.75) is 49.4 Å². The fraction of sp³-hybridized carbons (Fsp3) is 0.769. The van der Waals surface area contributed by atoms with Crippen LogP contribution in [0.1, 0.15) is 32.1 Å². The van der Waals surface area contributed by atoms with Crippen molar-refractivity contribution in [2.24, 2.45) is 0 Å². The third kappa shape index (κ3) is 4.80. The molecule has 2 aliphatic heterocycles. The van der Waals surface area contributed by atoms with Gasteiger partial charge in [-0.15, -0.1) is 0 Å². The van der Waals surface area contributed by atoms with Crippen molar-refractivity contribution in [3.05, 3.63) is 0 Å². The van der Waals surface area contributed by atoms with Gasteiger partial charge in [0.2, 0.25) is 5.91 Å². The Hall–Kier alpha value is -1.44. The monoisotopic (exact) mass is 315 g/mol. The molecule has 0 unspecified atom stereocenters. The highest BCUT2D eigenvalue weighted by molar-refractivity contribution is 8.00. The fourth-order valence-corrected chi connectivity index (χ4v) is 4.11. The molecule has 0 bridgehead atoms. The number of nitrogens with one attached hydrogen (secondary N) is 3. The molecular weight excluding hydrogens is 294 g/mol. The second-order valence-corrected chi connectivity index (χ2v) is 6.65. The van der Waals surface area contributed by atoms with Crippen LogP contribution < -0.4 is 16.0 Å². The van der Waals surface area contributed by atoms with Gasteiger partial charge in [-0.2, -0.15) is 11.8 Å². The highest BCUT2D eigenvalue weighted by atomic mass is 32.2. The molecule has 0 aromatic rings. The van der Waals surface area contributed by atoms with Gasteiger partial charge in [0.25, 0.3) is 0 Å². The Kier molecular flexibility index (Phi) is 5.72. The molecule has 0 aromatic carbocycles. The summed E-state index contributed by atoms with van der Waals surface area (Å²) in [6.07, 6.45) is 2.83. The topological polar surface area (TPSA) is 108 Å². The molecule has 8 heteroatoms. The van der Waals surface area contributed by atoms with E-state index in [-0.39, 0.29) is 35.7 Å². The molecule has 0 aliphatic carbocycles. The van der Waals surface area contributed by atoms with Gasteiger partial charge in [-0.3, -0.25) is 9.59 Å². The summed E-state index contributed by atoms with van der Waals surface area (Å²) in [7, 11) is 0. The number of carbonyl (C=O) groups is 3. The van der Waals surface area contributed by atoms with Crippen LogP contribution in [0.15, 0.2) is 0 Å². The van der Waals surface area contributed by atoms with Gasteiger partial charge >= 0.3 is 12.0 Å². The maximum Gasteiger partial charge on any atom is 0.315 e. The van der Waals surface area contributed by atoms with Crippen molar-refractivity contribution in [2.75, 3.05) is 12.3 Å². The molecule has 0 spiro atoms. The van der Waals surface area contributed by atoms with Crippen LogP contribution >= 0.6 is 11.8 Å². The Morgan fingerprint density at radius 3 is 2.86 bits per heavy atom. The Bertz CT molecular complexity index is 418. The van der Waals surface area contributed by atoms with Gasteiger partial charge in [-0.05, 0) is 12.8 Å². The molecule has 0 saturated carbocycles. The number of thioether (sulfide) groups is 1. The average molecular weight is 315 g/mol. The molecule has 3 atom stereocenters. The summed E-state index contributed by atoms with van der Waals surface area (Å²) in [5.74, 6) is 0.0582. The van der Waals surface area contributed by atoms with Gasteiger partial charge in [0, 0.05) is 30.4 Å². The standard InChI is InChI=1S/C13H21N3O4S/c17-10(14-5-3-1-2-4-11(18)19)6-9-12-8(7-21-9)15-13(20)16-12/h8-9,12H,1-7H2,(H,14,17)(H,18,19)(H2,15,16,20)/t8-,9-,12-/m0/s1. The van der Waals surface area contributed by atoms with Crippen molar-refractivity contribution in [3.63, 3.8) is 0 Å². The SMILES string of the molecule is O=C(O)CCCCCNC(=O)C[C@@H]1SC[C@@H]2NC(=O)N[C@@H]21. The molecular formula is C13H21N3O4S. The summed E-state index contributed by atoms with van der Waals surface area (Å²) in [5, 5.41) is 17.2. The van der Waals surface area contributed by atoms with E-state index in [1.807, 2.05) is 0 Å². The summed E-state index contributed by atoms with van der Waals surface area (Å²) in [5.41, 5.74) is 0. The predicted molar refractivity (Wildman–Crippen MR) is 79.2 cm³/mol. The highest BCUT2D eigenvalue weighted by Crippen LogP contribution is 2.31. The first-order chi connectivity index (χ1) is 10.1. The van der Waals surface area contributed by atoms with Crippen LogP contribution in [-0.2, 0) is 9.59 Å². The van der Waals surface area contributed by atoms with Crippen LogP contribution in [0.3, 0.4) is 0 Å². The van der Waals surface area contributed by atoms with Gasteiger partial charge in [0.05, 0.1) is 12.1 Å². The fourth-order valence-electron chi connectivity index (χ4n) is 2.63. The number of hydrogen-bond donors (Lipinski definition) is 4. The normalized spacial score (nSPS) is 26.9. The number of rotatable bonds is 8. The molecule has 2 rings (SSSR count). The highest BCUT2D eigenvalue weighted by Gasteiger charge is 2.43. The molecule has 0 aromatic heterocycles. The Morgan fingerprint density at radius 1 is 1.29 bits per heavy atom. The first kappa shape index (κ1) is 15.9. The molecule has 2 fully saturated rings. The number of amides is 3. The van der Waals surface area contributed by atoms with E-state index in [4.69, 9.17) is 5.11 Å². The van der Waals surface area contributed by atoms with Crippen molar-refractivity contribution in [3.8, 4) is 0 Å². The number of hydrogen-bond acceptors (Lipinski definition) is 4. The van der Waals surface area contributed by atoms with Gasteiger partial charge < -0.3 is 21.1 Å². The largest absolute Gasteiger partial charge is 0.481 e. The lowest BCUT2D eigenvalue weighted by Gasteiger charge is -2.16. The number of unbranched alkanes of at least 4 members (excludes halogenated alkanes) is 2. The molecule has 2 heterocycles. The van der Waals surface area contributed by atoms with E-state index in [1.54, 1.807) is 11.8 Å². The summed E-state index contributed by atoms with van der Waals surface area (Å²) in [4.78, 5) is 33.4. The van der Waals surface area contributed by atoms with E-state index in [0.717, 1.165) is 18.6 Å². The van der Waals surface area contributed by atoms with Gasteiger partial charge in [0.1, 0.15) is 0 Å². The molecule has 118 valence electrons. The average Bonchev–Trinajstić information content (AvgIpc) is 2.94. The minimum Gasteiger partial charge on any atom is -0.481 e. The number of urea groups is 1. The number of carboxylic acids is 1. The van der Waals surface area contributed by atoms with Gasteiger partial charge in [-0.25, -0.2) is 4.79 Å². The van der Waals surface area contributed by atoms with E-state index in [0.29, 0.717) is 19.4 Å². The number of carbonyl (C=O) groups excluding carboxylic acids is 2. The molecule has 3 amide bonds. The van der Waals surface area contributed by atoms with E-state index in [2.05, 4.69) is 16.0 Å². The molecule has 21 heavy (non-hydrogen) atoms. The Morgan fingerprint density at radius 2 is 2.10 bits per heavy atom. The first-order valence-electron chi connectivity index (χ1n) is 7.23. The lowest BCUT2D eigenvalue weighted by atomic mass is 10.1. The lowest BCUT2D eigenvalue weighted by Crippen LogP contribution is -2.39. The van der Waals surface area contributed by atoms with E-state index in [1.165, 1.54) is 0 Å². The summed E-state index contributed by atoms with van der Waals surface area (Å²) in [6.45, 7) is 0.578. The minimum absolute atomic E-state index is 0.00691. The zero-order valence-corrected chi connectivity index (χ0v) is 12.6. The third-order valence-electron chi connectivity index (χ3n) is 3.71. The first-order valence-corrected chi connectivity index (χ1v) is 8.28. The van der Waals surface area contributed by atoms with Gasteiger partial charge in [-0.1, -0.05) is 6.42 Å². The molecule has 4 N–H and O–H groups in total. The molecule has 0 radical (unpaired) electrons. The van der Waals surface area contributed by atoms with Crippen LogP contribution in [0.2, 0.25) is 0 Å². The van der Waals surface area contributed by atoms with Crippen LogP contribution in [-0.4, -0.2) is 52.6 Å². The van der Waals surface area contributed by atoms with Crippen molar-refractivity contribution < 1.29 is 19.5 Å². The zero-order chi connectivity index (χ0) is 15.2. The van der Waals surface area contributed by atoms with Crippen LogP contribution in [0, 0.1) is 0 Å². The van der Waals surface area contributed by atoms with Crippen molar-refractivity contribution in [1.29, 1.82) is 0 Å². The maximum absolute atomic E-state index is 11.9. The van der Waals surface area contributed by atoms with Crippen LogP contribution in [0.4, 0.5) is 4.79 Å². The second-order valence-electron chi connectivity index (χ2n) is 5.38. The summed E-state index contributed by atoms with van der Waals surface area (Å²) >= 11 is 1.71. The number of fused-ring (bicyclic) bond motifs is 1. The third-order valence-corrected chi connectivity index (χ3v) is 5.15. The van der Waals surface area contributed by atoms with E-state index < -0.39 is 5.97 Å². The Labute approximate surface area is 127 Å². The van der Waals surface area contributed by atoms with E-state index >= 15 is 0 Å².